The number of hydrogen-bond donors (Lipinski definition) is 1. The van der Waals surface area contributed by atoms with Crippen LogP contribution in [0.3, 0.4) is 0 Å². The predicted octanol–water partition coefficient (Wildman–Crippen LogP) is 4.61. The fourth-order valence-corrected chi connectivity index (χ4v) is 4.88. The third-order valence-corrected chi connectivity index (χ3v) is 6.59. The molecule has 0 bridgehead atoms. The number of phenolic OH excluding ortho intramolecular Hbond substituents is 1. The van der Waals surface area contributed by atoms with Gasteiger partial charge in [-0.05, 0) is 73.5 Å². The van der Waals surface area contributed by atoms with Crippen molar-refractivity contribution in [3.8, 4) is 11.5 Å². The lowest BCUT2D eigenvalue weighted by Gasteiger charge is -2.25. The number of hydrogen-bond acceptors (Lipinski definition) is 5. The number of aromatic hydroxyl groups is 1. The van der Waals surface area contributed by atoms with Crippen LogP contribution in [-0.4, -0.2) is 41.1 Å². The highest BCUT2D eigenvalue weighted by atomic mass is 32.1. The van der Waals surface area contributed by atoms with Crippen LogP contribution in [0.2, 0.25) is 0 Å². The van der Waals surface area contributed by atoms with Crippen molar-refractivity contribution in [2.24, 2.45) is 0 Å². The first-order valence-electron chi connectivity index (χ1n) is 10.1. The highest BCUT2D eigenvalue weighted by Crippen LogP contribution is 2.33. The van der Waals surface area contributed by atoms with Crippen LogP contribution in [0.15, 0.2) is 29.6 Å². The Labute approximate surface area is 166 Å². The normalized spacial score (nSPS) is 18.1. The highest BCUT2D eigenvalue weighted by molar-refractivity contribution is 7.10. The number of methoxy groups -OCH3 is 1. The topological polar surface area (TPSA) is 35.9 Å². The molecule has 1 aliphatic heterocycles. The highest BCUT2D eigenvalue weighted by Gasteiger charge is 2.29. The van der Waals surface area contributed by atoms with Crippen LogP contribution in [-0.2, 0) is 19.6 Å². The molecule has 146 valence electrons. The summed E-state index contributed by atoms with van der Waals surface area (Å²) < 4.78 is 5.27. The third-order valence-electron chi connectivity index (χ3n) is 5.61. The number of phenols is 1. The van der Waals surface area contributed by atoms with Crippen LogP contribution >= 0.6 is 11.3 Å². The molecule has 0 unspecified atom stereocenters. The summed E-state index contributed by atoms with van der Waals surface area (Å²) in [5.41, 5.74) is 2.67. The lowest BCUT2D eigenvalue weighted by atomic mass is 10.1. The number of benzene rings is 1. The lowest BCUT2D eigenvalue weighted by Crippen LogP contribution is -2.28. The maximum Gasteiger partial charge on any atom is 0.160 e. The van der Waals surface area contributed by atoms with E-state index >= 15 is 0 Å². The Morgan fingerprint density at radius 3 is 2.67 bits per heavy atom. The third kappa shape index (κ3) is 5.03. The van der Waals surface area contributed by atoms with E-state index in [1.807, 2.05) is 23.5 Å². The summed E-state index contributed by atoms with van der Waals surface area (Å²) in [5.74, 6) is 0.767. The second kappa shape index (κ2) is 8.63. The average Bonchev–Trinajstić information content (AvgIpc) is 3.45. The van der Waals surface area contributed by atoms with Gasteiger partial charge in [0.2, 0.25) is 0 Å². The summed E-state index contributed by atoms with van der Waals surface area (Å²) in [6, 6.07) is 8.80. The zero-order chi connectivity index (χ0) is 18.6. The summed E-state index contributed by atoms with van der Waals surface area (Å²) in [7, 11) is 1.60. The van der Waals surface area contributed by atoms with Gasteiger partial charge in [-0.15, -0.1) is 11.3 Å². The molecule has 1 aromatic heterocycles. The van der Waals surface area contributed by atoms with Gasteiger partial charge in [0, 0.05) is 30.6 Å². The molecular weight excluding hydrogens is 356 g/mol. The quantitative estimate of drug-likeness (QED) is 0.718. The van der Waals surface area contributed by atoms with Crippen molar-refractivity contribution in [1.29, 1.82) is 0 Å². The molecule has 5 heteroatoms. The number of ether oxygens (including phenoxy) is 1. The van der Waals surface area contributed by atoms with Gasteiger partial charge < -0.3 is 9.84 Å². The largest absolute Gasteiger partial charge is 0.504 e. The van der Waals surface area contributed by atoms with E-state index in [-0.39, 0.29) is 5.75 Å². The van der Waals surface area contributed by atoms with E-state index in [1.165, 1.54) is 61.2 Å². The molecule has 4 rings (SSSR count). The van der Waals surface area contributed by atoms with E-state index in [4.69, 9.17) is 4.74 Å². The molecule has 0 atom stereocenters. The van der Waals surface area contributed by atoms with Gasteiger partial charge in [0.05, 0.1) is 7.11 Å². The zero-order valence-corrected chi connectivity index (χ0v) is 17.0. The van der Waals surface area contributed by atoms with E-state index in [0.717, 1.165) is 19.6 Å². The predicted molar refractivity (Wildman–Crippen MR) is 110 cm³/mol. The Hall–Kier alpha value is -1.56. The van der Waals surface area contributed by atoms with E-state index < -0.39 is 0 Å². The lowest BCUT2D eigenvalue weighted by molar-refractivity contribution is 0.221. The Morgan fingerprint density at radius 2 is 1.93 bits per heavy atom. The molecule has 1 saturated heterocycles. The summed E-state index contributed by atoms with van der Waals surface area (Å²) in [6.45, 7) is 5.53. The standard InChI is InChI=1S/C22H30N2O2S/c1-26-22-12-17(5-8-21(22)25)14-24(19-6-7-19)15-20-11-18(16-27-20)13-23-9-3-2-4-10-23/h5,8,11-12,16,19,25H,2-4,6-7,9-10,13-15H2,1H3. The Balaban J connectivity index is 1.39. The van der Waals surface area contributed by atoms with E-state index in [9.17, 15) is 5.11 Å². The van der Waals surface area contributed by atoms with Crippen molar-refractivity contribution < 1.29 is 9.84 Å². The molecule has 1 aliphatic carbocycles. The van der Waals surface area contributed by atoms with Crippen LogP contribution in [0.5, 0.6) is 11.5 Å². The molecule has 1 aromatic carbocycles. The molecule has 0 radical (unpaired) electrons. The number of thiophene rings is 1. The maximum absolute atomic E-state index is 9.82. The molecule has 0 amide bonds. The molecule has 2 aromatic rings. The van der Waals surface area contributed by atoms with Crippen molar-refractivity contribution in [2.75, 3.05) is 20.2 Å². The number of piperidine rings is 1. The van der Waals surface area contributed by atoms with Crippen molar-refractivity contribution in [3.05, 3.63) is 45.6 Å². The summed E-state index contributed by atoms with van der Waals surface area (Å²) in [5, 5.41) is 12.2. The summed E-state index contributed by atoms with van der Waals surface area (Å²) in [4.78, 5) is 6.62. The van der Waals surface area contributed by atoms with Gasteiger partial charge in [0.15, 0.2) is 11.5 Å². The fraction of sp³-hybridized carbons (Fsp3) is 0.545. The van der Waals surface area contributed by atoms with Crippen LogP contribution in [0.1, 0.15) is 48.1 Å². The molecule has 2 heterocycles. The van der Waals surface area contributed by atoms with Gasteiger partial charge in [-0.3, -0.25) is 9.80 Å². The number of nitrogens with zero attached hydrogens (tertiary/aromatic N) is 2. The minimum absolute atomic E-state index is 0.208. The molecule has 27 heavy (non-hydrogen) atoms. The van der Waals surface area contributed by atoms with E-state index in [1.54, 1.807) is 13.2 Å². The first kappa shape index (κ1) is 18.8. The Bertz CT molecular complexity index is 751. The van der Waals surface area contributed by atoms with Crippen molar-refractivity contribution in [1.82, 2.24) is 9.80 Å². The van der Waals surface area contributed by atoms with Crippen molar-refractivity contribution in [3.63, 3.8) is 0 Å². The molecule has 1 N–H and O–H groups in total. The number of rotatable bonds is 8. The van der Waals surface area contributed by atoms with Gasteiger partial charge in [-0.25, -0.2) is 0 Å². The monoisotopic (exact) mass is 386 g/mol. The molecule has 2 fully saturated rings. The average molecular weight is 387 g/mol. The second-order valence-electron chi connectivity index (χ2n) is 7.90. The van der Waals surface area contributed by atoms with E-state index in [2.05, 4.69) is 21.2 Å². The molecule has 4 nitrogen and oxygen atoms in total. The van der Waals surface area contributed by atoms with Gasteiger partial charge >= 0.3 is 0 Å². The summed E-state index contributed by atoms with van der Waals surface area (Å²) >= 11 is 1.90. The maximum atomic E-state index is 9.82. The Kier molecular flexibility index (Phi) is 6.01. The fourth-order valence-electron chi connectivity index (χ4n) is 3.98. The second-order valence-corrected chi connectivity index (χ2v) is 8.90. The van der Waals surface area contributed by atoms with Crippen LogP contribution in [0, 0.1) is 0 Å². The van der Waals surface area contributed by atoms with Gasteiger partial charge in [0.1, 0.15) is 0 Å². The van der Waals surface area contributed by atoms with Crippen molar-refractivity contribution in [2.45, 2.75) is 57.8 Å². The SMILES string of the molecule is COc1cc(CN(Cc2cc(CN3CCCCC3)cs2)C2CC2)ccc1O. The molecule has 2 aliphatic rings. The smallest absolute Gasteiger partial charge is 0.160 e. The Morgan fingerprint density at radius 1 is 1.11 bits per heavy atom. The minimum Gasteiger partial charge on any atom is -0.504 e. The molecular formula is C22H30N2O2S. The van der Waals surface area contributed by atoms with Gasteiger partial charge in [0.25, 0.3) is 0 Å². The van der Waals surface area contributed by atoms with Crippen molar-refractivity contribution >= 4 is 11.3 Å². The number of likely N-dealkylation sites (tertiary alicyclic amines) is 1. The van der Waals surface area contributed by atoms with Gasteiger partial charge in [-0.1, -0.05) is 12.5 Å². The first-order chi connectivity index (χ1) is 13.2. The molecule has 1 saturated carbocycles. The first-order valence-corrected chi connectivity index (χ1v) is 11.0. The van der Waals surface area contributed by atoms with Crippen LogP contribution in [0.4, 0.5) is 0 Å². The zero-order valence-electron chi connectivity index (χ0n) is 16.2. The summed E-state index contributed by atoms with van der Waals surface area (Å²) in [6.07, 6.45) is 6.68. The van der Waals surface area contributed by atoms with Crippen LogP contribution < -0.4 is 4.74 Å². The van der Waals surface area contributed by atoms with Crippen LogP contribution in [0.25, 0.3) is 0 Å². The molecule has 0 spiro atoms. The minimum atomic E-state index is 0.208. The van der Waals surface area contributed by atoms with E-state index in [0.29, 0.717) is 11.8 Å². The van der Waals surface area contributed by atoms with Gasteiger partial charge in [-0.2, -0.15) is 0 Å².